The number of hydrogen-bond donors (Lipinski definition) is 0. The van der Waals surface area contributed by atoms with E-state index in [1.165, 1.54) is 12.1 Å². The summed E-state index contributed by atoms with van der Waals surface area (Å²) < 4.78 is 36.4. The van der Waals surface area contributed by atoms with Gasteiger partial charge in [-0.3, -0.25) is 0 Å². The second-order valence-electron chi connectivity index (χ2n) is 3.04. The van der Waals surface area contributed by atoms with Crippen LogP contribution in [0.25, 0.3) is 0 Å². The SMILES string of the molecule is CC(C=O)c1ccc(C(F)(F)F)cc1. The first-order valence-electron chi connectivity index (χ1n) is 4.07. The molecule has 0 aliphatic rings. The molecule has 0 bridgehead atoms. The maximum Gasteiger partial charge on any atom is 0.416 e. The minimum atomic E-state index is -4.32. The van der Waals surface area contributed by atoms with Crippen LogP contribution >= 0.6 is 0 Å². The van der Waals surface area contributed by atoms with E-state index in [0.717, 1.165) is 12.1 Å². The van der Waals surface area contributed by atoms with Crippen molar-refractivity contribution < 1.29 is 18.0 Å². The third kappa shape index (κ3) is 2.34. The van der Waals surface area contributed by atoms with Gasteiger partial charge in [-0.05, 0) is 17.7 Å². The van der Waals surface area contributed by atoms with Crippen molar-refractivity contribution in [2.75, 3.05) is 0 Å². The number of carbonyl (C=O) groups excluding carboxylic acids is 1. The molecule has 0 N–H and O–H groups in total. The van der Waals surface area contributed by atoms with Crippen molar-refractivity contribution in [3.63, 3.8) is 0 Å². The average molecular weight is 202 g/mol. The monoisotopic (exact) mass is 202 g/mol. The molecular formula is C10H9F3O. The van der Waals surface area contributed by atoms with Gasteiger partial charge in [-0.1, -0.05) is 19.1 Å². The molecule has 0 aromatic heterocycles. The summed E-state index contributed by atoms with van der Waals surface area (Å²) >= 11 is 0. The normalized spacial score (nSPS) is 13.7. The van der Waals surface area contributed by atoms with E-state index < -0.39 is 11.7 Å². The second kappa shape index (κ2) is 3.82. The highest BCUT2D eigenvalue weighted by molar-refractivity contribution is 5.61. The zero-order valence-corrected chi connectivity index (χ0v) is 7.51. The Kier molecular flexibility index (Phi) is 2.93. The lowest BCUT2D eigenvalue weighted by molar-refractivity contribution is -0.137. The van der Waals surface area contributed by atoms with Crippen LogP contribution in [-0.2, 0) is 11.0 Å². The number of halogens is 3. The minimum Gasteiger partial charge on any atom is -0.303 e. The van der Waals surface area contributed by atoms with E-state index in [4.69, 9.17) is 0 Å². The molecular weight excluding hydrogens is 193 g/mol. The Morgan fingerprint density at radius 1 is 1.21 bits per heavy atom. The fourth-order valence-electron chi connectivity index (χ4n) is 1.05. The molecule has 0 fully saturated rings. The lowest BCUT2D eigenvalue weighted by atomic mass is 10.0. The molecule has 1 aromatic carbocycles. The third-order valence-electron chi connectivity index (χ3n) is 1.97. The van der Waals surface area contributed by atoms with E-state index in [1.807, 2.05) is 0 Å². The highest BCUT2D eigenvalue weighted by Gasteiger charge is 2.30. The van der Waals surface area contributed by atoms with Gasteiger partial charge in [-0.25, -0.2) is 0 Å². The number of rotatable bonds is 2. The lowest BCUT2D eigenvalue weighted by Gasteiger charge is -2.08. The van der Waals surface area contributed by atoms with Gasteiger partial charge in [0.05, 0.1) is 5.56 Å². The smallest absolute Gasteiger partial charge is 0.303 e. The molecule has 0 radical (unpaired) electrons. The number of aldehydes is 1. The van der Waals surface area contributed by atoms with E-state index >= 15 is 0 Å². The predicted molar refractivity (Wildman–Crippen MR) is 45.9 cm³/mol. The third-order valence-corrected chi connectivity index (χ3v) is 1.97. The Morgan fingerprint density at radius 2 is 1.71 bits per heavy atom. The molecule has 1 atom stereocenters. The summed E-state index contributed by atoms with van der Waals surface area (Å²) in [6, 6.07) is 4.61. The van der Waals surface area contributed by atoms with Gasteiger partial charge in [0.25, 0.3) is 0 Å². The van der Waals surface area contributed by atoms with Crippen LogP contribution in [0.2, 0.25) is 0 Å². The molecule has 0 aliphatic heterocycles. The molecule has 0 heterocycles. The number of carbonyl (C=O) groups is 1. The second-order valence-corrected chi connectivity index (χ2v) is 3.04. The van der Waals surface area contributed by atoms with Crippen LogP contribution in [0, 0.1) is 0 Å². The van der Waals surface area contributed by atoms with Crippen molar-refractivity contribution in [3.05, 3.63) is 35.4 Å². The highest BCUT2D eigenvalue weighted by atomic mass is 19.4. The average Bonchev–Trinajstić information content (AvgIpc) is 2.15. The van der Waals surface area contributed by atoms with Gasteiger partial charge >= 0.3 is 6.18 Å². The highest BCUT2D eigenvalue weighted by Crippen LogP contribution is 2.29. The first-order valence-corrected chi connectivity index (χ1v) is 4.07. The van der Waals surface area contributed by atoms with Gasteiger partial charge in [0, 0.05) is 5.92 Å². The number of hydrogen-bond acceptors (Lipinski definition) is 1. The molecule has 0 amide bonds. The lowest BCUT2D eigenvalue weighted by Crippen LogP contribution is -2.05. The van der Waals surface area contributed by atoms with Crippen LogP contribution < -0.4 is 0 Å². The fraction of sp³-hybridized carbons (Fsp3) is 0.300. The Morgan fingerprint density at radius 3 is 2.07 bits per heavy atom. The summed E-state index contributed by atoms with van der Waals surface area (Å²) in [5.74, 6) is -0.364. The quantitative estimate of drug-likeness (QED) is 0.674. The molecule has 4 heteroatoms. The van der Waals surface area contributed by atoms with Gasteiger partial charge in [-0.2, -0.15) is 13.2 Å². The zero-order chi connectivity index (χ0) is 10.8. The summed E-state index contributed by atoms with van der Waals surface area (Å²) in [7, 11) is 0. The molecule has 1 aromatic rings. The van der Waals surface area contributed by atoms with Crippen LogP contribution in [0.5, 0.6) is 0 Å². The summed E-state index contributed by atoms with van der Waals surface area (Å²) in [4.78, 5) is 10.4. The Hall–Kier alpha value is -1.32. The van der Waals surface area contributed by atoms with E-state index in [1.54, 1.807) is 6.92 Å². The Labute approximate surface area is 79.5 Å². The van der Waals surface area contributed by atoms with E-state index in [0.29, 0.717) is 11.8 Å². The first kappa shape index (κ1) is 10.8. The minimum absolute atomic E-state index is 0.364. The maximum atomic E-state index is 12.1. The summed E-state index contributed by atoms with van der Waals surface area (Å²) in [6.45, 7) is 1.63. The van der Waals surface area contributed by atoms with Crippen LogP contribution in [0.1, 0.15) is 24.0 Å². The standard InChI is InChI=1S/C10H9F3O/c1-7(6-14)8-2-4-9(5-3-8)10(11,12)13/h2-7H,1H3. The maximum absolute atomic E-state index is 12.1. The molecule has 0 spiro atoms. The van der Waals surface area contributed by atoms with Crippen LogP contribution in [0.3, 0.4) is 0 Å². The zero-order valence-electron chi connectivity index (χ0n) is 7.51. The van der Waals surface area contributed by atoms with Gasteiger partial charge in [0.2, 0.25) is 0 Å². The largest absolute Gasteiger partial charge is 0.416 e. The molecule has 14 heavy (non-hydrogen) atoms. The van der Waals surface area contributed by atoms with Crippen molar-refractivity contribution in [3.8, 4) is 0 Å². The Bertz CT molecular complexity index is 313. The topological polar surface area (TPSA) is 17.1 Å². The molecule has 0 saturated heterocycles. The number of benzene rings is 1. The number of alkyl halides is 3. The van der Waals surface area contributed by atoms with Gasteiger partial charge in [-0.15, -0.1) is 0 Å². The first-order chi connectivity index (χ1) is 6.45. The summed E-state index contributed by atoms with van der Waals surface area (Å²) in [5.41, 5.74) is -0.104. The van der Waals surface area contributed by atoms with Crippen molar-refractivity contribution in [2.45, 2.75) is 19.0 Å². The molecule has 1 nitrogen and oxygen atoms in total. The van der Waals surface area contributed by atoms with Crippen molar-refractivity contribution in [1.29, 1.82) is 0 Å². The molecule has 0 saturated carbocycles. The van der Waals surface area contributed by atoms with Gasteiger partial charge < -0.3 is 4.79 Å². The summed E-state index contributed by atoms with van der Waals surface area (Å²) in [6.07, 6.45) is -3.62. The van der Waals surface area contributed by atoms with Gasteiger partial charge in [0.1, 0.15) is 6.29 Å². The fourth-order valence-corrected chi connectivity index (χ4v) is 1.05. The Balaban J connectivity index is 2.95. The van der Waals surface area contributed by atoms with E-state index in [2.05, 4.69) is 0 Å². The van der Waals surface area contributed by atoms with Crippen molar-refractivity contribution >= 4 is 6.29 Å². The predicted octanol–water partition coefficient (Wildman–Crippen LogP) is 3.01. The van der Waals surface area contributed by atoms with Crippen LogP contribution in [0.4, 0.5) is 13.2 Å². The van der Waals surface area contributed by atoms with E-state index in [-0.39, 0.29) is 5.92 Å². The van der Waals surface area contributed by atoms with Crippen LogP contribution in [0.15, 0.2) is 24.3 Å². The molecule has 76 valence electrons. The van der Waals surface area contributed by atoms with Gasteiger partial charge in [0.15, 0.2) is 0 Å². The van der Waals surface area contributed by atoms with E-state index in [9.17, 15) is 18.0 Å². The van der Waals surface area contributed by atoms with Crippen molar-refractivity contribution in [2.24, 2.45) is 0 Å². The molecule has 1 unspecified atom stereocenters. The summed E-state index contributed by atoms with van der Waals surface area (Å²) in [5, 5.41) is 0. The molecule has 1 rings (SSSR count). The van der Waals surface area contributed by atoms with Crippen LogP contribution in [-0.4, -0.2) is 6.29 Å². The molecule has 0 aliphatic carbocycles. The van der Waals surface area contributed by atoms with Crippen molar-refractivity contribution in [1.82, 2.24) is 0 Å².